The van der Waals surface area contributed by atoms with E-state index in [9.17, 15) is 10.0 Å². The van der Waals surface area contributed by atoms with Gasteiger partial charge in [-0.05, 0) is 24.0 Å². The van der Waals surface area contributed by atoms with Crippen LogP contribution in [0, 0.1) is 4.91 Å². The Bertz CT molecular complexity index is 551. The molecule has 2 aromatic rings. The highest BCUT2D eigenvalue weighted by atomic mass is 35.5. The summed E-state index contributed by atoms with van der Waals surface area (Å²) in [7, 11) is 0. The van der Waals surface area contributed by atoms with E-state index in [-0.39, 0.29) is 11.8 Å². The Hall–Kier alpha value is -1.46. The molecule has 0 unspecified atom stereocenters. The first kappa shape index (κ1) is 12.0. The molecule has 0 bridgehead atoms. The van der Waals surface area contributed by atoms with Crippen molar-refractivity contribution in [2.24, 2.45) is 5.18 Å². The molecule has 1 N–H and O–H groups in total. The van der Waals surface area contributed by atoms with Crippen molar-refractivity contribution in [1.82, 2.24) is 0 Å². The van der Waals surface area contributed by atoms with Gasteiger partial charge in [-0.2, -0.15) is 0 Å². The Morgan fingerprint density at radius 2 is 2.00 bits per heavy atom. The lowest BCUT2D eigenvalue weighted by Gasteiger charge is -2.01. The molecule has 0 fully saturated rings. The molecule has 2 rings (SSSR count). The van der Waals surface area contributed by atoms with E-state index in [0.29, 0.717) is 15.5 Å². The van der Waals surface area contributed by atoms with Crippen LogP contribution in [-0.2, 0) is 0 Å². The molecule has 17 heavy (non-hydrogen) atoms. The number of nitroso groups, excluding NO2 is 1. The van der Waals surface area contributed by atoms with Crippen molar-refractivity contribution in [2.75, 3.05) is 6.26 Å². The minimum Gasteiger partial charge on any atom is -0.480 e. The molecule has 0 spiro atoms. The molecule has 0 aliphatic rings. The molecule has 1 aromatic carbocycles. The third-order valence-electron chi connectivity index (χ3n) is 2.25. The van der Waals surface area contributed by atoms with Gasteiger partial charge < -0.3 is 9.52 Å². The van der Waals surface area contributed by atoms with Gasteiger partial charge >= 0.3 is 0 Å². The molecule has 0 saturated heterocycles. The van der Waals surface area contributed by atoms with Gasteiger partial charge in [0.25, 0.3) is 11.8 Å². The number of benzene rings is 1. The number of nitrogens with zero attached hydrogens (tertiary/aromatic N) is 1. The Balaban J connectivity index is 2.61. The van der Waals surface area contributed by atoms with E-state index in [1.807, 2.05) is 0 Å². The molecular weight excluding hydrogens is 262 g/mol. The van der Waals surface area contributed by atoms with E-state index in [1.54, 1.807) is 30.5 Å². The number of furan rings is 1. The van der Waals surface area contributed by atoms with Crippen LogP contribution in [0.1, 0.15) is 0 Å². The molecule has 0 saturated carbocycles. The van der Waals surface area contributed by atoms with Gasteiger partial charge in [-0.15, -0.1) is 16.7 Å². The van der Waals surface area contributed by atoms with Gasteiger partial charge in [-0.25, -0.2) is 0 Å². The average Bonchev–Trinajstić information content (AvgIpc) is 2.66. The highest BCUT2D eigenvalue weighted by Gasteiger charge is 2.21. The van der Waals surface area contributed by atoms with Gasteiger partial charge in [-0.1, -0.05) is 23.7 Å². The van der Waals surface area contributed by atoms with Crippen LogP contribution in [-0.4, -0.2) is 11.4 Å². The molecule has 4 nitrogen and oxygen atoms in total. The summed E-state index contributed by atoms with van der Waals surface area (Å²) >= 11 is 7.07. The summed E-state index contributed by atoms with van der Waals surface area (Å²) in [6, 6.07) is 6.87. The number of halogens is 1. The van der Waals surface area contributed by atoms with Gasteiger partial charge in [-0.3, -0.25) is 0 Å². The number of rotatable bonds is 3. The van der Waals surface area contributed by atoms with Crippen LogP contribution >= 0.6 is 23.4 Å². The minimum atomic E-state index is -0.314. The molecule has 88 valence electrons. The Morgan fingerprint density at radius 3 is 2.53 bits per heavy atom. The average molecular weight is 270 g/mol. The maximum absolute atomic E-state index is 10.5. The van der Waals surface area contributed by atoms with Crippen molar-refractivity contribution >= 4 is 29.2 Å². The predicted octanol–water partition coefficient (Wildman–Crippen LogP) is 4.43. The first-order chi connectivity index (χ1) is 8.17. The van der Waals surface area contributed by atoms with Crippen LogP contribution in [0.15, 0.2) is 38.8 Å². The summed E-state index contributed by atoms with van der Waals surface area (Å²) in [5, 5.41) is 13.0. The second-order valence-electron chi connectivity index (χ2n) is 3.22. The molecule has 1 aromatic heterocycles. The second-order valence-corrected chi connectivity index (χ2v) is 4.47. The van der Waals surface area contributed by atoms with Crippen molar-refractivity contribution in [3.8, 4) is 17.1 Å². The fourth-order valence-electron chi connectivity index (χ4n) is 1.51. The topological polar surface area (TPSA) is 62.8 Å². The number of thioether (sulfide) groups is 1. The third kappa shape index (κ3) is 2.16. The molecule has 0 aliphatic carbocycles. The van der Waals surface area contributed by atoms with Crippen LogP contribution in [0.2, 0.25) is 5.02 Å². The van der Waals surface area contributed by atoms with Gasteiger partial charge in [0.15, 0.2) is 0 Å². The Morgan fingerprint density at radius 1 is 1.35 bits per heavy atom. The summed E-state index contributed by atoms with van der Waals surface area (Å²) in [4.78, 5) is 11.1. The highest BCUT2D eigenvalue weighted by molar-refractivity contribution is 7.98. The minimum absolute atomic E-state index is 0.111. The van der Waals surface area contributed by atoms with E-state index < -0.39 is 0 Å². The largest absolute Gasteiger partial charge is 0.480 e. The molecule has 1 heterocycles. The zero-order valence-electron chi connectivity index (χ0n) is 8.81. The zero-order valence-corrected chi connectivity index (χ0v) is 10.4. The first-order valence-electron chi connectivity index (χ1n) is 4.66. The van der Waals surface area contributed by atoms with Gasteiger partial charge in [0, 0.05) is 10.2 Å². The van der Waals surface area contributed by atoms with E-state index in [4.69, 9.17) is 16.0 Å². The second kappa shape index (κ2) is 4.81. The fourth-order valence-corrected chi connectivity index (χ4v) is 2.30. The summed E-state index contributed by atoms with van der Waals surface area (Å²) in [6.07, 6.45) is 1.78. The smallest absolute Gasteiger partial charge is 0.293 e. The van der Waals surface area contributed by atoms with Crippen LogP contribution in [0.25, 0.3) is 11.1 Å². The summed E-state index contributed by atoms with van der Waals surface area (Å²) in [5.74, 6) is -0.425. The maximum atomic E-state index is 10.5. The van der Waals surface area contributed by atoms with E-state index in [1.165, 1.54) is 11.8 Å². The summed E-state index contributed by atoms with van der Waals surface area (Å²) in [6.45, 7) is 0. The fraction of sp³-hybridized carbons (Fsp3) is 0.0909. The number of aromatic hydroxyl groups is 1. The van der Waals surface area contributed by atoms with E-state index >= 15 is 0 Å². The van der Waals surface area contributed by atoms with Crippen LogP contribution in [0.5, 0.6) is 5.95 Å². The van der Waals surface area contributed by atoms with Crippen molar-refractivity contribution in [1.29, 1.82) is 0 Å². The van der Waals surface area contributed by atoms with Crippen LogP contribution < -0.4 is 0 Å². The molecule has 0 atom stereocenters. The Kier molecular flexibility index (Phi) is 3.40. The normalized spacial score (nSPS) is 10.5. The van der Waals surface area contributed by atoms with Crippen molar-refractivity contribution in [3.05, 3.63) is 34.2 Å². The van der Waals surface area contributed by atoms with Crippen molar-refractivity contribution in [2.45, 2.75) is 4.90 Å². The standard InChI is InChI=1S/C11H8ClNO3S/c1-17-9-8(11(14)16-10(9)13-15)6-2-4-7(12)5-3-6/h2-5,14H,1H3. The van der Waals surface area contributed by atoms with E-state index in [0.717, 1.165) is 5.56 Å². The molecule has 6 heteroatoms. The van der Waals surface area contributed by atoms with Gasteiger partial charge in [0.05, 0.1) is 10.5 Å². The molecule has 0 radical (unpaired) electrons. The third-order valence-corrected chi connectivity index (χ3v) is 3.29. The summed E-state index contributed by atoms with van der Waals surface area (Å²) in [5.41, 5.74) is 1.18. The molecular formula is C11H8ClNO3S. The SMILES string of the molecule is CSc1c(N=O)oc(O)c1-c1ccc(Cl)cc1. The van der Waals surface area contributed by atoms with Gasteiger partial charge in [0.2, 0.25) is 0 Å². The zero-order chi connectivity index (χ0) is 12.4. The number of hydrogen-bond donors (Lipinski definition) is 1. The lowest BCUT2D eigenvalue weighted by atomic mass is 10.1. The molecule has 0 amide bonds. The lowest BCUT2D eigenvalue weighted by molar-refractivity contribution is 0.338. The van der Waals surface area contributed by atoms with Crippen molar-refractivity contribution in [3.63, 3.8) is 0 Å². The summed E-state index contributed by atoms with van der Waals surface area (Å²) < 4.78 is 4.89. The lowest BCUT2D eigenvalue weighted by Crippen LogP contribution is -1.77. The van der Waals surface area contributed by atoms with Crippen LogP contribution in [0.4, 0.5) is 5.88 Å². The number of hydrogen-bond acceptors (Lipinski definition) is 5. The van der Waals surface area contributed by atoms with E-state index in [2.05, 4.69) is 5.18 Å². The maximum Gasteiger partial charge on any atom is 0.293 e. The Labute approximate surface area is 107 Å². The predicted molar refractivity (Wildman–Crippen MR) is 68.1 cm³/mol. The highest BCUT2D eigenvalue weighted by Crippen LogP contribution is 2.46. The molecule has 0 aliphatic heterocycles. The van der Waals surface area contributed by atoms with Gasteiger partial charge in [0.1, 0.15) is 0 Å². The monoisotopic (exact) mass is 269 g/mol. The van der Waals surface area contributed by atoms with Crippen molar-refractivity contribution < 1.29 is 9.52 Å². The first-order valence-corrected chi connectivity index (χ1v) is 6.26. The van der Waals surface area contributed by atoms with Crippen LogP contribution in [0.3, 0.4) is 0 Å². The quantitative estimate of drug-likeness (QED) is 0.661.